The molecule has 0 radical (unpaired) electrons. The van der Waals surface area contributed by atoms with Crippen molar-refractivity contribution in [3.8, 4) is 0 Å². The van der Waals surface area contributed by atoms with Gasteiger partial charge in [0.05, 0.1) is 11.1 Å². The van der Waals surface area contributed by atoms with Crippen molar-refractivity contribution >= 4 is 17.4 Å². The normalized spacial score (nSPS) is 12.4. The summed E-state index contributed by atoms with van der Waals surface area (Å²) in [6.45, 7) is 1.85. The maximum atomic E-state index is 13.8. The molecule has 0 aliphatic carbocycles. The van der Waals surface area contributed by atoms with Gasteiger partial charge in [0.2, 0.25) is 0 Å². The lowest BCUT2D eigenvalue weighted by molar-refractivity contribution is 0.177. The molecule has 5 heteroatoms. The highest BCUT2D eigenvalue weighted by Gasteiger charge is 2.16. The van der Waals surface area contributed by atoms with E-state index < -0.39 is 11.9 Å². The van der Waals surface area contributed by atoms with Crippen LogP contribution in [0.4, 0.5) is 10.2 Å². The van der Waals surface area contributed by atoms with Crippen molar-refractivity contribution in [3.05, 3.63) is 58.0 Å². The predicted molar refractivity (Wildman–Crippen MR) is 73.5 cm³/mol. The second kappa shape index (κ2) is 5.55. The fourth-order valence-electron chi connectivity index (χ4n) is 1.89. The molecular formula is C14H14ClFN2O. The lowest BCUT2D eigenvalue weighted by atomic mass is 10.0. The smallest absolute Gasteiger partial charge is 0.145 e. The van der Waals surface area contributed by atoms with Crippen molar-refractivity contribution in [2.24, 2.45) is 0 Å². The molecule has 0 fully saturated rings. The van der Waals surface area contributed by atoms with Crippen LogP contribution in [-0.4, -0.2) is 10.1 Å². The summed E-state index contributed by atoms with van der Waals surface area (Å²) in [6.07, 6.45) is 0.799. The fourth-order valence-corrected chi connectivity index (χ4v) is 2.09. The Labute approximate surface area is 115 Å². The molecule has 1 aromatic heterocycles. The maximum Gasteiger partial charge on any atom is 0.145 e. The average Bonchev–Trinajstić information content (AvgIpc) is 2.38. The van der Waals surface area contributed by atoms with E-state index in [2.05, 4.69) is 4.98 Å². The second-order valence-electron chi connectivity index (χ2n) is 4.42. The Morgan fingerprint density at radius 3 is 2.95 bits per heavy atom. The molecule has 19 heavy (non-hydrogen) atoms. The molecule has 0 bridgehead atoms. The first-order valence-corrected chi connectivity index (χ1v) is 6.20. The van der Waals surface area contributed by atoms with E-state index in [1.807, 2.05) is 6.92 Å². The molecule has 0 amide bonds. The molecule has 1 aromatic carbocycles. The zero-order chi connectivity index (χ0) is 14.0. The maximum absolute atomic E-state index is 13.8. The first-order valence-electron chi connectivity index (χ1n) is 5.82. The van der Waals surface area contributed by atoms with Gasteiger partial charge in [0.25, 0.3) is 0 Å². The number of aliphatic hydroxyl groups is 1. The number of nitrogens with two attached hydrogens (primary N) is 1. The van der Waals surface area contributed by atoms with Crippen molar-refractivity contribution in [2.75, 3.05) is 5.73 Å². The van der Waals surface area contributed by atoms with E-state index in [-0.39, 0.29) is 17.3 Å². The molecule has 3 N–H and O–H groups in total. The largest absolute Gasteiger partial charge is 0.388 e. The third-order valence-electron chi connectivity index (χ3n) is 2.89. The molecule has 0 aliphatic heterocycles. The van der Waals surface area contributed by atoms with E-state index in [1.54, 1.807) is 24.4 Å². The molecule has 0 saturated heterocycles. The van der Waals surface area contributed by atoms with Crippen molar-refractivity contribution < 1.29 is 9.50 Å². The third-order valence-corrected chi connectivity index (χ3v) is 3.18. The van der Waals surface area contributed by atoms with Crippen molar-refractivity contribution in [1.29, 1.82) is 0 Å². The molecule has 0 spiro atoms. The Hall–Kier alpha value is -1.65. The highest BCUT2D eigenvalue weighted by atomic mass is 35.5. The van der Waals surface area contributed by atoms with Crippen LogP contribution >= 0.6 is 11.6 Å². The number of hydrogen-bond acceptors (Lipinski definition) is 3. The number of nitrogen functional groups attached to an aromatic ring is 1. The third kappa shape index (κ3) is 3.03. The van der Waals surface area contributed by atoms with Crippen LogP contribution in [0.1, 0.15) is 22.8 Å². The first-order chi connectivity index (χ1) is 8.99. The summed E-state index contributed by atoms with van der Waals surface area (Å²) in [7, 11) is 0. The number of nitrogens with zero attached hydrogens (tertiary/aromatic N) is 1. The number of halogens is 2. The van der Waals surface area contributed by atoms with Crippen LogP contribution in [0.3, 0.4) is 0 Å². The van der Waals surface area contributed by atoms with Crippen LogP contribution in [0.2, 0.25) is 5.02 Å². The van der Waals surface area contributed by atoms with Gasteiger partial charge in [-0.3, -0.25) is 0 Å². The van der Waals surface area contributed by atoms with Gasteiger partial charge >= 0.3 is 0 Å². The average molecular weight is 281 g/mol. The zero-order valence-corrected chi connectivity index (χ0v) is 11.2. The minimum absolute atomic E-state index is 0.0417. The van der Waals surface area contributed by atoms with Crippen molar-refractivity contribution in [2.45, 2.75) is 19.4 Å². The first kappa shape index (κ1) is 13.8. The summed E-state index contributed by atoms with van der Waals surface area (Å²) in [4.78, 5) is 3.98. The number of aliphatic hydroxyl groups excluding tert-OH is 1. The molecule has 1 atom stereocenters. The van der Waals surface area contributed by atoms with Crippen LogP contribution in [0.5, 0.6) is 0 Å². The van der Waals surface area contributed by atoms with E-state index in [0.717, 1.165) is 5.56 Å². The number of aryl methyl sites for hydroxylation is 1. The topological polar surface area (TPSA) is 59.1 Å². The van der Waals surface area contributed by atoms with E-state index in [0.29, 0.717) is 11.1 Å². The van der Waals surface area contributed by atoms with Gasteiger partial charge in [-0.15, -0.1) is 0 Å². The molecule has 2 rings (SSSR count). The van der Waals surface area contributed by atoms with Gasteiger partial charge in [-0.25, -0.2) is 9.37 Å². The molecule has 2 aromatic rings. The van der Waals surface area contributed by atoms with Gasteiger partial charge in [-0.1, -0.05) is 23.7 Å². The summed E-state index contributed by atoms with van der Waals surface area (Å²) < 4.78 is 13.8. The Morgan fingerprint density at radius 2 is 2.21 bits per heavy atom. The fraction of sp³-hybridized carbons (Fsp3) is 0.214. The quantitative estimate of drug-likeness (QED) is 0.908. The van der Waals surface area contributed by atoms with Gasteiger partial charge in [-0.2, -0.15) is 0 Å². The van der Waals surface area contributed by atoms with Crippen molar-refractivity contribution in [3.63, 3.8) is 0 Å². The minimum Gasteiger partial charge on any atom is -0.388 e. The molecule has 1 unspecified atom stereocenters. The van der Waals surface area contributed by atoms with E-state index in [4.69, 9.17) is 17.3 Å². The number of aromatic nitrogens is 1. The molecule has 0 saturated carbocycles. The highest BCUT2D eigenvalue weighted by molar-refractivity contribution is 6.30. The van der Waals surface area contributed by atoms with Crippen LogP contribution in [-0.2, 0) is 6.42 Å². The molecule has 3 nitrogen and oxygen atoms in total. The summed E-state index contributed by atoms with van der Waals surface area (Å²) in [5.74, 6) is -0.261. The highest BCUT2D eigenvalue weighted by Crippen LogP contribution is 2.26. The molecule has 0 aliphatic rings. The van der Waals surface area contributed by atoms with Gasteiger partial charge < -0.3 is 10.8 Å². The number of rotatable bonds is 3. The van der Waals surface area contributed by atoms with Crippen LogP contribution < -0.4 is 5.73 Å². The summed E-state index contributed by atoms with van der Waals surface area (Å²) in [5.41, 5.74) is 7.45. The van der Waals surface area contributed by atoms with Gasteiger partial charge in [0.1, 0.15) is 11.6 Å². The lowest BCUT2D eigenvalue weighted by Crippen LogP contribution is -2.08. The van der Waals surface area contributed by atoms with E-state index >= 15 is 0 Å². The standard InChI is InChI=1S/C14H14ClFN2O/c1-8-5-10(14(17)18-7-8)12(19)6-9-3-2-4-11(15)13(9)16/h2-5,7,12,19H,6H2,1H3,(H2,17,18). The number of benzene rings is 1. The van der Waals surface area contributed by atoms with Gasteiger partial charge in [-0.05, 0) is 30.2 Å². The monoisotopic (exact) mass is 280 g/mol. The molecule has 1 heterocycles. The Morgan fingerprint density at radius 1 is 1.47 bits per heavy atom. The molecular weight excluding hydrogens is 267 g/mol. The SMILES string of the molecule is Cc1cnc(N)c(C(O)Cc2cccc(Cl)c2F)c1. The Bertz CT molecular complexity index is 604. The molecule has 100 valence electrons. The Balaban J connectivity index is 2.28. The van der Waals surface area contributed by atoms with Crippen LogP contribution in [0.25, 0.3) is 0 Å². The van der Waals surface area contributed by atoms with Crippen molar-refractivity contribution in [1.82, 2.24) is 4.98 Å². The van der Waals surface area contributed by atoms with Gasteiger partial charge in [0, 0.05) is 18.2 Å². The number of hydrogen-bond donors (Lipinski definition) is 2. The predicted octanol–water partition coefficient (Wildman–Crippen LogP) is 3.04. The lowest BCUT2D eigenvalue weighted by Gasteiger charge is -2.14. The van der Waals surface area contributed by atoms with Gasteiger partial charge in [0.15, 0.2) is 0 Å². The Kier molecular flexibility index (Phi) is 4.02. The van der Waals surface area contributed by atoms with Crippen LogP contribution in [0.15, 0.2) is 30.5 Å². The van der Waals surface area contributed by atoms with E-state index in [1.165, 1.54) is 6.07 Å². The summed E-state index contributed by atoms with van der Waals surface area (Å²) in [5, 5.41) is 10.2. The summed E-state index contributed by atoms with van der Waals surface area (Å²) in [6, 6.07) is 6.44. The minimum atomic E-state index is -0.916. The van der Waals surface area contributed by atoms with Crippen LogP contribution in [0, 0.1) is 12.7 Å². The zero-order valence-electron chi connectivity index (χ0n) is 10.4. The summed E-state index contributed by atoms with van der Waals surface area (Å²) >= 11 is 5.71. The van der Waals surface area contributed by atoms with E-state index in [9.17, 15) is 9.50 Å². The number of pyridine rings is 1. The second-order valence-corrected chi connectivity index (χ2v) is 4.83. The number of anilines is 1.